The maximum Gasteiger partial charge on any atom is 0.337 e. The fourth-order valence-corrected chi connectivity index (χ4v) is 8.65. The molecule has 47 heavy (non-hydrogen) atoms. The van der Waals surface area contributed by atoms with Gasteiger partial charge in [0.1, 0.15) is 11.6 Å². The standard InChI is InChI=1S/C35H34Cl2FN3O6/c1-45-23-11-35(12-23)16-41(17-35)20-7-27(36)31(28(37)8-20)33(42)40-13-19-3-2-4-24(32(19)46-18-40)25-10-30(26(34(43)44)9-29(25)38)39-14-21-5-6-22(15-39)47-21/h2-4,7-10,21-23H,5-6,11-18H2,1H3,(H,43,44). The first-order valence-electron chi connectivity index (χ1n) is 15.9. The van der Waals surface area contributed by atoms with Crippen molar-refractivity contribution in [1.82, 2.24) is 4.90 Å². The number of aromatic carboxylic acids is 1. The molecule has 246 valence electrons. The lowest BCUT2D eigenvalue weighted by molar-refractivity contribution is -0.0731. The number of amides is 1. The first-order chi connectivity index (χ1) is 22.6. The van der Waals surface area contributed by atoms with Crippen LogP contribution in [0.5, 0.6) is 5.75 Å². The SMILES string of the molecule is COC1CC2(C1)CN(c1cc(Cl)c(C(=O)N3COc4c(cccc4-c4cc(N5CC6CCC(C5)O6)c(C(=O)O)cc4F)C3)c(Cl)c1)C2. The molecule has 8 rings (SSSR count). The normalized spacial score (nSPS) is 22.9. The third-order valence-corrected chi connectivity index (χ3v) is 11.0. The number of para-hydroxylation sites is 1. The molecular weight excluding hydrogens is 648 g/mol. The van der Waals surface area contributed by atoms with Gasteiger partial charge < -0.3 is 34.0 Å². The van der Waals surface area contributed by atoms with Crippen molar-refractivity contribution in [2.45, 2.75) is 50.5 Å². The Balaban J connectivity index is 1.03. The molecule has 3 aromatic carbocycles. The number of hydrogen-bond donors (Lipinski definition) is 1. The van der Waals surface area contributed by atoms with Crippen LogP contribution in [0.15, 0.2) is 42.5 Å². The summed E-state index contributed by atoms with van der Waals surface area (Å²) in [6.45, 7) is 2.99. The fraction of sp³-hybridized carbons (Fsp3) is 0.429. The van der Waals surface area contributed by atoms with Gasteiger partial charge in [-0.1, -0.05) is 41.4 Å². The summed E-state index contributed by atoms with van der Waals surface area (Å²) in [5.74, 6) is -1.79. The molecule has 4 aliphatic heterocycles. The summed E-state index contributed by atoms with van der Waals surface area (Å²) in [6, 6.07) is 11.6. The maximum absolute atomic E-state index is 15.6. The Morgan fingerprint density at radius 1 is 1.00 bits per heavy atom. The summed E-state index contributed by atoms with van der Waals surface area (Å²) in [7, 11) is 1.75. The van der Waals surface area contributed by atoms with E-state index in [9.17, 15) is 14.7 Å². The van der Waals surface area contributed by atoms with Crippen LogP contribution in [0.1, 0.15) is 52.0 Å². The van der Waals surface area contributed by atoms with Gasteiger partial charge in [-0.05, 0) is 49.9 Å². The lowest BCUT2D eigenvalue weighted by atomic mass is 9.61. The minimum Gasteiger partial charge on any atom is -0.478 e. The molecule has 1 saturated carbocycles. The predicted molar refractivity (Wildman–Crippen MR) is 175 cm³/mol. The van der Waals surface area contributed by atoms with E-state index in [-0.39, 0.29) is 63.5 Å². The van der Waals surface area contributed by atoms with Crippen LogP contribution in [0.2, 0.25) is 10.0 Å². The fourth-order valence-electron chi connectivity index (χ4n) is 8.01. The lowest BCUT2D eigenvalue weighted by Gasteiger charge is -2.59. The topological polar surface area (TPSA) is 91.8 Å². The van der Waals surface area contributed by atoms with Crippen molar-refractivity contribution in [2.75, 3.05) is 49.8 Å². The highest BCUT2D eigenvalue weighted by molar-refractivity contribution is 6.40. The number of halogens is 3. The van der Waals surface area contributed by atoms with Crippen LogP contribution in [0.25, 0.3) is 11.1 Å². The average molecular weight is 683 g/mol. The first kappa shape index (κ1) is 30.7. The number of nitrogens with zero attached hydrogens (tertiary/aromatic N) is 3. The number of carbonyl (C=O) groups excluding carboxylic acids is 1. The minimum atomic E-state index is -1.19. The van der Waals surface area contributed by atoms with Crippen molar-refractivity contribution in [3.63, 3.8) is 0 Å². The third-order valence-electron chi connectivity index (χ3n) is 10.4. The van der Waals surface area contributed by atoms with E-state index >= 15 is 4.39 Å². The Hall–Kier alpha value is -3.57. The molecule has 3 saturated heterocycles. The number of ether oxygens (including phenoxy) is 3. The van der Waals surface area contributed by atoms with Crippen molar-refractivity contribution >= 4 is 46.5 Å². The van der Waals surface area contributed by atoms with Gasteiger partial charge in [-0.25, -0.2) is 9.18 Å². The highest BCUT2D eigenvalue weighted by Crippen LogP contribution is 2.51. The van der Waals surface area contributed by atoms with Crippen LogP contribution >= 0.6 is 23.2 Å². The number of rotatable bonds is 6. The summed E-state index contributed by atoms with van der Waals surface area (Å²) in [6.07, 6.45) is 4.32. The van der Waals surface area contributed by atoms with Crippen LogP contribution in [0.4, 0.5) is 15.8 Å². The first-order valence-corrected chi connectivity index (χ1v) is 16.7. The Morgan fingerprint density at radius 3 is 2.36 bits per heavy atom. The maximum atomic E-state index is 15.6. The zero-order valence-corrected chi connectivity index (χ0v) is 27.3. The molecule has 4 fully saturated rings. The molecule has 2 bridgehead atoms. The second-order valence-corrected chi connectivity index (χ2v) is 14.3. The van der Waals surface area contributed by atoms with Crippen molar-refractivity contribution in [2.24, 2.45) is 5.41 Å². The smallest absolute Gasteiger partial charge is 0.337 e. The predicted octanol–water partition coefficient (Wildman–Crippen LogP) is 6.47. The molecule has 4 heterocycles. The number of morpholine rings is 1. The third kappa shape index (κ3) is 5.30. The van der Waals surface area contributed by atoms with Crippen LogP contribution in [-0.4, -0.2) is 80.2 Å². The molecule has 3 aromatic rings. The average Bonchev–Trinajstić information content (AvgIpc) is 3.35. The van der Waals surface area contributed by atoms with E-state index < -0.39 is 11.8 Å². The van der Waals surface area contributed by atoms with Gasteiger partial charge in [-0.3, -0.25) is 4.79 Å². The molecule has 2 atom stereocenters. The molecule has 12 heteroatoms. The zero-order valence-electron chi connectivity index (χ0n) is 25.8. The molecule has 1 N–H and O–H groups in total. The number of carboxylic acid groups (broad SMARTS) is 1. The number of carbonyl (C=O) groups is 2. The van der Waals surface area contributed by atoms with E-state index in [2.05, 4.69) is 4.90 Å². The lowest BCUT2D eigenvalue weighted by Crippen LogP contribution is -2.64. The van der Waals surface area contributed by atoms with Gasteiger partial charge in [0.25, 0.3) is 5.91 Å². The van der Waals surface area contributed by atoms with Gasteiger partial charge in [0, 0.05) is 61.1 Å². The summed E-state index contributed by atoms with van der Waals surface area (Å²) >= 11 is 13.4. The summed E-state index contributed by atoms with van der Waals surface area (Å²) in [4.78, 5) is 31.6. The number of fused-ring (bicyclic) bond motifs is 3. The summed E-state index contributed by atoms with van der Waals surface area (Å²) in [5.41, 5.74) is 3.13. The molecule has 2 unspecified atom stereocenters. The number of methoxy groups -OCH3 is 1. The van der Waals surface area contributed by atoms with Crippen LogP contribution in [0, 0.1) is 11.2 Å². The van der Waals surface area contributed by atoms with Crippen LogP contribution < -0.4 is 14.5 Å². The van der Waals surface area contributed by atoms with Crippen molar-refractivity contribution in [3.05, 3.63) is 75.0 Å². The molecule has 0 aromatic heterocycles. The highest BCUT2D eigenvalue weighted by atomic mass is 35.5. The van der Waals surface area contributed by atoms with Gasteiger partial charge in [0.05, 0.1) is 51.7 Å². The largest absolute Gasteiger partial charge is 0.478 e. The van der Waals surface area contributed by atoms with Gasteiger partial charge in [0.15, 0.2) is 6.73 Å². The van der Waals surface area contributed by atoms with E-state index in [1.807, 2.05) is 11.0 Å². The Bertz CT molecular complexity index is 1760. The second-order valence-electron chi connectivity index (χ2n) is 13.5. The van der Waals surface area contributed by atoms with E-state index in [1.165, 1.54) is 4.90 Å². The molecular formula is C35H34Cl2FN3O6. The number of anilines is 2. The molecule has 1 amide bonds. The Morgan fingerprint density at radius 2 is 1.70 bits per heavy atom. The number of hydrogen-bond acceptors (Lipinski definition) is 7. The molecule has 0 radical (unpaired) electrons. The van der Waals surface area contributed by atoms with Gasteiger partial charge >= 0.3 is 5.97 Å². The number of benzene rings is 3. The second kappa shape index (κ2) is 11.5. The van der Waals surface area contributed by atoms with E-state index in [0.29, 0.717) is 41.8 Å². The number of carboxylic acids is 1. The van der Waals surface area contributed by atoms with Crippen molar-refractivity contribution < 1.29 is 33.3 Å². The van der Waals surface area contributed by atoms with E-state index in [4.69, 9.17) is 37.4 Å². The van der Waals surface area contributed by atoms with Crippen LogP contribution in [0.3, 0.4) is 0 Å². The molecule has 5 aliphatic rings. The summed E-state index contributed by atoms with van der Waals surface area (Å²) < 4.78 is 33.2. The van der Waals surface area contributed by atoms with E-state index in [0.717, 1.165) is 50.5 Å². The van der Waals surface area contributed by atoms with Crippen LogP contribution in [-0.2, 0) is 16.0 Å². The minimum absolute atomic E-state index is 0.0258. The van der Waals surface area contributed by atoms with Gasteiger partial charge in [-0.15, -0.1) is 0 Å². The van der Waals surface area contributed by atoms with Gasteiger partial charge in [-0.2, -0.15) is 0 Å². The highest BCUT2D eigenvalue weighted by Gasteiger charge is 2.52. The Kier molecular flexibility index (Phi) is 7.55. The molecule has 1 aliphatic carbocycles. The zero-order chi connectivity index (χ0) is 32.6. The van der Waals surface area contributed by atoms with Crippen molar-refractivity contribution in [3.8, 4) is 16.9 Å². The van der Waals surface area contributed by atoms with E-state index in [1.54, 1.807) is 37.4 Å². The van der Waals surface area contributed by atoms with Crippen molar-refractivity contribution in [1.29, 1.82) is 0 Å². The monoisotopic (exact) mass is 681 g/mol. The summed E-state index contributed by atoms with van der Waals surface area (Å²) in [5, 5.41) is 10.5. The molecule has 9 nitrogen and oxygen atoms in total. The Labute approximate surface area is 281 Å². The quantitative estimate of drug-likeness (QED) is 0.317. The molecule has 1 spiro atoms. The van der Waals surface area contributed by atoms with Gasteiger partial charge in [0.2, 0.25) is 0 Å².